The molecule has 2 atom stereocenters. The van der Waals surface area contributed by atoms with Gasteiger partial charge in [0.1, 0.15) is 0 Å². The van der Waals surface area contributed by atoms with Gasteiger partial charge in [0.2, 0.25) is 0 Å². The summed E-state index contributed by atoms with van der Waals surface area (Å²) in [5, 5.41) is 3.99. The largest absolute Gasteiger partial charge is 0.335 e. The third kappa shape index (κ3) is 4.49. The summed E-state index contributed by atoms with van der Waals surface area (Å²) >= 11 is 6.00. The number of aromatic nitrogens is 1. The summed E-state index contributed by atoms with van der Waals surface area (Å²) < 4.78 is 1.94. The number of amides is 2. The number of fused-ring (bicyclic) bond motifs is 4. The van der Waals surface area contributed by atoms with Gasteiger partial charge in [-0.3, -0.25) is 4.79 Å². The molecule has 1 saturated carbocycles. The number of piperidine rings is 1. The molecule has 32 heavy (non-hydrogen) atoms. The van der Waals surface area contributed by atoms with E-state index in [2.05, 4.69) is 17.5 Å². The first-order chi connectivity index (χ1) is 15.6. The Hall–Kier alpha value is -2.53. The molecule has 2 amide bonds. The highest BCUT2D eigenvalue weighted by Crippen LogP contribution is 2.37. The van der Waals surface area contributed by atoms with Crippen molar-refractivity contribution in [2.24, 2.45) is 5.92 Å². The lowest BCUT2D eigenvalue weighted by Gasteiger charge is -2.43. The van der Waals surface area contributed by atoms with Gasteiger partial charge in [-0.1, -0.05) is 55.1 Å². The number of carbonyl (C=O) groups is 1. The van der Waals surface area contributed by atoms with Crippen LogP contribution >= 0.6 is 11.6 Å². The van der Waals surface area contributed by atoms with Gasteiger partial charge in [-0.15, -0.1) is 0 Å². The minimum absolute atomic E-state index is 0.0541. The van der Waals surface area contributed by atoms with Gasteiger partial charge in [0.15, 0.2) is 0 Å². The van der Waals surface area contributed by atoms with Crippen LogP contribution in [0.25, 0.3) is 12.2 Å². The lowest BCUT2D eigenvalue weighted by atomic mass is 9.81. The summed E-state index contributed by atoms with van der Waals surface area (Å²) in [6.45, 7) is 2.08. The van der Waals surface area contributed by atoms with E-state index in [0.717, 1.165) is 42.6 Å². The van der Waals surface area contributed by atoms with Crippen molar-refractivity contribution >= 4 is 29.8 Å². The maximum absolute atomic E-state index is 13.0. The summed E-state index contributed by atoms with van der Waals surface area (Å²) in [5.41, 5.74) is 3.23. The fraction of sp³-hybridized carbons (Fsp3) is 0.462. The zero-order chi connectivity index (χ0) is 22.1. The Kier molecular flexibility index (Phi) is 6.09. The smallest absolute Gasteiger partial charge is 0.317 e. The van der Waals surface area contributed by atoms with Crippen LogP contribution in [0.2, 0.25) is 5.02 Å². The number of benzene rings is 1. The van der Waals surface area contributed by atoms with Crippen molar-refractivity contribution in [1.29, 1.82) is 0 Å². The Morgan fingerprint density at radius 2 is 1.75 bits per heavy atom. The van der Waals surface area contributed by atoms with Crippen LogP contribution in [0.4, 0.5) is 4.79 Å². The standard InChI is InChI=1S/C26H30ClN3O2/c27-22-11-7-18(8-12-22)6-9-20-10-13-24(31)30-16-19-14-21(25(20)30)17-29(15-19)26(32)28-23-4-2-1-3-5-23/h6-13,19,21,23H,1-5,14-17H2,(H,28,32). The van der Waals surface area contributed by atoms with Gasteiger partial charge in [0.05, 0.1) is 0 Å². The van der Waals surface area contributed by atoms with Crippen molar-refractivity contribution < 1.29 is 4.79 Å². The number of carbonyl (C=O) groups excluding carboxylic acids is 1. The van der Waals surface area contributed by atoms with Crippen LogP contribution in [-0.2, 0) is 6.54 Å². The maximum Gasteiger partial charge on any atom is 0.317 e. The number of hydrogen-bond donors (Lipinski definition) is 1. The number of urea groups is 1. The molecule has 2 aromatic rings. The van der Waals surface area contributed by atoms with E-state index in [9.17, 15) is 9.59 Å². The quantitative estimate of drug-likeness (QED) is 0.703. The Morgan fingerprint density at radius 3 is 2.53 bits per heavy atom. The average Bonchev–Trinajstić information content (AvgIpc) is 2.80. The number of likely N-dealkylation sites (tertiary alicyclic amines) is 1. The number of rotatable bonds is 3. The highest BCUT2D eigenvalue weighted by atomic mass is 35.5. The van der Waals surface area contributed by atoms with Gasteiger partial charge in [-0.25, -0.2) is 4.79 Å². The normalized spacial score (nSPS) is 23.2. The molecule has 1 aromatic carbocycles. The van der Waals surface area contributed by atoms with Crippen molar-refractivity contribution in [3.05, 3.63) is 68.6 Å². The summed E-state index contributed by atoms with van der Waals surface area (Å²) in [5.74, 6) is 0.505. The van der Waals surface area contributed by atoms with Gasteiger partial charge < -0.3 is 14.8 Å². The van der Waals surface area contributed by atoms with E-state index in [1.165, 1.54) is 19.3 Å². The molecule has 2 bridgehead atoms. The van der Waals surface area contributed by atoms with E-state index in [-0.39, 0.29) is 17.5 Å². The minimum Gasteiger partial charge on any atom is -0.335 e. The van der Waals surface area contributed by atoms with Crippen LogP contribution in [0.3, 0.4) is 0 Å². The Balaban J connectivity index is 1.38. The minimum atomic E-state index is 0.0541. The number of hydrogen-bond acceptors (Lipinski definition) is 2. The fourth-order valence-electron chi connectivity index (χ4n) is 5.63. The second-order valence-electron chi connectivity index (χ2n) is 9.50. The third-order valence-corrected chi connectivity index (χ3v) is 7.42. The first kappa shape index (κ1) is 21.3. The Bertz CT molecular complexity index is 1070. The summed E-state index contributed by atoms with van der Waals surface area (Å²) in [4.78, 5) is 27.7. The van der Waals surface area contributed by atoms with Gasteiger partial charge in [-0.2, -0.15) is 0 Å². The number of halogens is 1. The van der Waals surface area contributed by atoms with Gasteiger partial charge >= 0.3 is 6.03 Å². The van der Waals surface area contributed by atoms with Crippen molar-refractivity contribution in [1.82, 2.24) is 14.8 Å². The lowest BCUT2D eigenvalue weighted by molar-refractivity contribution is 0.127. The Labute approximate surface area is 194 Å². The molecular weight excluding hydrogens is 422 g/mol. The van der Waals surface area contributed by atoms with Crippen LogP contribution in [0.5, 0.6) is 0 Å². The summed E-state index contributed by atoms with van der Waals surface area (Å²) in [6, 6.07) is 11.7. The second kappa shape index (κ2) is 9.14. The molecule has 0 spiro atoms. The molecule has 2 unspecified atom stereocenters. The highest BCUT2D eigenvalue weighted by molar-refractivity contribution is 6.30. The monoisotopic (exact) mass is 451 g/mol. The van der Waals surface area contributed by atoms with Crippen molar-refractivity contribution in [2.75, 3.05) is 13.1 Å². The summed E-state index contributed by atoms with van der Waals surface area (Å²) in [7, 11) is 0. The van der Waals surface area contributed by atoms with E-state index < -0.39 is 0 Å². The lowest BCUT2D eigenvalue weighted by Crippen LogP contribution is -2.53. The molecule has 5 nitrogen and oxygen atoms in total. The van der Waals surface area contributed by atoms with E-state index in [1.54, 1.807) is 6.07 Å². The van der Waals surface area contributed by atoms with Crippen molar-refractivity contribution in [3.63, 3.8) is 0 Å². The molecule has 1 saturated heterocycles. The van der Waals surface area contributed by atoms with Crippen molar-refractivity contribution in [2.45, 2.75) is 57.0 Å². The molecule has 168 valence electrons. The molecule has 0 radical (unpaired) electrons. The molecule has 1 aliphatic carbocycles. The molecule has 3 heterocycles. The van der Waals surface area contributed by atoms with E-state index in [0.29, 0.717) is 30.1 Å². The SMILES string of the molecule is O=C(NC1CCCCC1)N1CC2CC(C1)c1c(C=Cc3ccc(Cl)cc3)ccc(=O)n1C2. The first-order valence-corrected chi connectivity index (χ1v) is 12.2. The molecule has 1 N–H and O–H groups in total. The molecular formula is C26H30ClN3O2. The molecule has 2 aliphatic heterocycles. The van der Waals surface area contributed by atoms with Crippen LogP contribution in [0.1, 0.15) is 61.3 Å². The number of nitrogens with zero attached hydrogens (tertiary/aromatic N) is 2. The number of pyridine rings is 1. The highest BCUT2D eigenvalue weighted by Gasteiger charge is 2.37. The summed E-state index contributed by atoms with van der Waals surface area (Å²) in [6.07, 6.45) is 11.0. The van der Waals surface area contributed by atoms with Crippen LogP contribution < -0.4 is 10.9 Å². The molecule has 3 aliphatic rings. The molecule has 6 heteroatoms. The predicted molar refractivity (Wildman–Crippen MR) is 129 cm³/mol. The van der Waals surface area contributed by atoms with Crippen LogP contribution in [0, 0.1) is 5.92 Å². The third-order valence-electron chi connectivity index (χ3n) is 7.17. The van der Waals surface area contributed by atoms with Gasteiger partial charge in [0, 0.05) is 48.4 Å². The second-order valence-corrected chi connectivity index (χ2v) is 9.93. The number of nitrogens with one attached hydrogen (secondary N) is 1. The maximum atomic E-state index is 13.0. The van der Waals surface area contributed by atoms with Crippen molar-refractivity contribution in [3.8, 4) is 0 Å². The van der Waals surface area contributed by atoms with Crippen LogP contribution in [0.15, 0.2) is 41.2 Å². The van der Waals surface area contributed by atoms with Gasteiger partial charge in [-0.05, 0) is 54.5 Å². The zero-order valence-corrected chi connectivity index (χ0v) is 19.1. The Morgan fingerprint density at radius 1 is 0.969 bits per heavy atom. The zero-order valence-electron chi connectivity index (χ0n) is 18.3. The molecule has 5 rings (SSSR count). The van der Waals surface area contributed by atoms with E-state index in [4.69, 9.17) is 11.6 Å². The first-order valence-electron chi connectivity index (χ1n) is 11.8. The predicted octanol–water partition coefficient (Wildman–Crippen LogP) is 5.13. The topological polar surface area (TPSA) is 54.3 Å². The van der Waals surface area contributed by atoms with Gasteiger partial charge in [0.25, 0.3) is 5.56 Å². The van der Waals surface area contributed by atoms with Crippen LogP contribution in [-0.4, -0.2) is 34.6 Å². The van der Waals surface area contributed by atoms with E-state index in [1.807, 2.05) is 39.8 Å². The molecule has 1 aromatic heterocycles. The van der Waals surface area contributed by atoms with E-state index >= 15 is 0 Å². The molecule has 2 fully saturated rings. The average molecular weight is 452 g/mol. The fourth-order valence-corrected chi connectivity index (χ4v) is 5.75.